The molecule has 1 aliphatic rings. The van der Waals surface area contributed by atoms with Crippen LogP contribution in [0.15, 0.2) is 0 Å². The first kappa shape index (κ1) is 14.4. The third-order valence-electron chi connectivity index (χ3n) is 2.93. The molecule has 5 heteroatoms. The average molecular weight is 245 g/mol. The Morgan fingerprint density at radius 2 is 2.00 bits per heavy atom. The van der Waals surface area contributed by atoms with Crippen LogP contribution in [-0.2, 0) is 19.0 Å². The molecule has 0 aromatic carbocycles. The van der Waals surface area contributed by atoms with Gasteiger partial charge in [0.05, 0.1) is 13.7 Å². The maximum absolute atomic E-state index is 11.6. The van der Waals surface area contributed by atoms with Crippen LogP contribution in [0.25, 0.3) is 0 Å². The predicted molar refractivity (Wildman–Crippen MR) is 63.7 cm³/mol. The van der Waals surface area contributed by atoms with Crippen LogP contribution in [0.4, 0.5) is 0 Å². The van der Waals surface area contributed by atoms with Crippen LogP contribution in [0.3, 0.4) is 0 Å². The Labute approximate surface area is 103 Å². The molecule has 0 bridgehead atoms. The zero-order valence-electron chi connectivity index (χ0n) is 11.0. The first-order valence-electron chi connectivity index (χ1n) is 6.28. The van der Waals surface area contributed by atoms with Crippen molar-refractivity contribution in [1.29, 1.82) is 0 Å². The van der Waals surface area contributed by atoms with Gasteiger partial charge in [-0.2, -0.15) is 0 Å². The largest absolute Gasteiger partial charge is 0.468 e. The first-order valence-corrected chi connectivity index (χ1v) is 6.28. The van der Waals surface area contributed by atoms with Gasteiger partial charge < -0.3 is 14.2 Å². The molecular formula is C12H23NO4. The van der Waals surface area contributed by atoms with Gasteiger partial charge in [0.15, 0.2) is 6.29 Å². The second kappa shape index (κ2) is 7.63. The van der Waals surface area contributed by atoms with Gasteiger partial charge in [-0.05, 0) is 33.2 Å². The van der Waals surface area contributed by atoms with Gasteiger partial charge in [0.25, 0.3) is 0 Å². The Morgan fingerprint density at radius 3 is 2.53 bits per heavy atom. The summed E-state index contributed by atoms with van der Waals surface area (Å²) in [7, 11) is 1.43. The van der Waals surface area contributed by atoms with E-state index in [9.17, 15) is 4.79 Å². The molecule has 1 heterocycles. The maximum Gasteiger partial charge on any atom is 0.323 e. The summed E-state index contributed by atoms with van der Waals surface area (Å²) in [6.45, 7) is 6.63. The van der Waals surface area contributed by atoms with Crippen LogP contribution in [0.2, 0.25) is 0 Å². The van der Waals surface area contributed by atoms with E-state index in [0.29, 0.717) is 19.8 Å². The lowest BCUT2D eigenvalue weighted by molar-refractivity contribution is -0.158. The molecule has 1 rings (SSSR count). The van der Waals surface area contributed by atoms with Crippen molar-refractivity contribution in [3.63, 3.8) is 0 Å². The quantitative estimate of drug-likeness (QED) is 0.495. The summed E-state index contributed by atoms with van der Waals surface area (Å²) in [5, 5.41) is 0. The molecule has 100 valence electrons. The Bertz CT molecular complexity index is 229. The lowest BCUT2D eigenvalue weighted by Gasteiger charge is -2.27. The number of carbonyl (C=O) groups is 1. The summed E-state index contributed by atoms with van der Waals surface area (Å²) in [5.41, 5.74) is 0. The molecule has 0 aromatic rings. The van der Waals surface area contributed by atoms with Gasteiger partial charge in [0, 0.05) is 13.2 Å². The molecule has 0 amide bonds. The van der Waals surface area contributed by atoms with Crippen molar-refractivity contribution in [2.45, 2.75) is 39.0 Å². The highest BCUT2D eigenvalue weighted by molar-refractivity contribution is 5.75. The first-order chi connectivity index (χ1) is 8.22. The molecule has 0 saturated carbocycles. The molecule has 0 aliphatic carbocycles. The zero-order chi connectivity index (χ0) is 12.7. The minimum absolute atomic E-state index is 0.136. The van der Waals surface area contributed by atoms with E-state index in [4.69, 9.17) is 14.2 Å². The zero-order valence-corrected chi connectivity index (χ0v) is 11.0. The van der Waals surface area contributed by atoms with Crippen LogP contribution in [0.5, 0.6) is 0 Å². The normalized spacial score (nSPS) is 21.1. The molecule has 17 heavy (non-hydrogen) atoms. The predicted octanol–water partition coefficient (Wildman–Crippen LogP) is 1.02. The summed E-state index contributed by atoms with van der Waals surface area (Å²) < 4.78 is 15.8. The number of carbonyl (C=O) groups excluding carboxylic acids is 1. The number of esters is 1. The summed E-state index contributed by atoms with van der Waals surface area (Å²) >= 11 is 0. The van der Waals surface area contributed by atoms with Crippen molar-refractivity contribution in [3.05, 3.63) is 0 Å². The molecule has 5 nitrogen and oxygen atoms in total. The average Bonchev–Trinajstić information content (AvgIpc) is 2.77. The molecule has 0 spiro atoms. The minimum Gasteiger partial charge on any atom is -0.468 e. The third-order valence-corrected chi connectivity index (χ3v) is 2.93. The number of likely N-dealkylation sites (tertiary alicyclic amines) is 1. The third kappa shape index (κ3) is 4.26. The van der Waals surface area contributed by atoms with Crippen LogP contribution >= 0.6 is 0 Å². The minimum atomic E-state index is -0.254. The van der Waals surface area contributed by atoms with Crippen molar-refractivity contribution < 1.29 is 19.0 Å². The lowest BCUT2D eigenvalue weighted by atomic mass is 10.2. The number of rotatable bonds is 7. The fourth-order valence-corrected chi connectivity index (χ4v) is 2.16. The molecule has 1 fully saturated rings. The summed E-state index contributed by atoms with van der Waals surface area (Å²) in [5.74, 6) is -0.158. The van der Waals surface area contributed by atoms with E-state index in [2.05, 4.69) is 4.90 Å². The van der Waals surface area contributed by atoms with Gasteiger partial charge >= 0.3 is 5.97 Å². The molecule has 0 N–H and O–H groups in total. The van der Waals surface area contributed by atoms with Crippen molar-refractivity contribution in [1.82, 2.24) is 4.90 Å². The monoisotopic (exact) mass is 245 g/mol. The number of nitrogens with zero attached hydrogens (tertiary/aromatic N) is 1. The summed E-state index contributed by atoms with van der Waals surface area (Å²) in [6, 6.07) is -0.136. The van der Waals surface area contributed by atoms with Crippen molar-refractivity contribution in [3.8, 4) is 0 Å². The van der Waals surface area contributed by atoms with Crippen LogP contribution in [0, 0.1) is 0 Å². The SMILES string of the molecule is CCOC(CN1CCC[C@@H]1C(=O)OC)OCC. The Kier molecular flexibility index (Phi) is 6.47. The highest BCUT2D eigenvalue weighted by atomic mass is 16.7. The standard InChI is InChI=1S/C12H23NO4/c1-4-16-11(17-5-2)9-13-8-6-7-10(13)12(14)15-3/h10-11H,4-9H2,1-3H3/t10-/m1/s1. The molecule has 1 saturated heterocycles. The van der Waals surface area contributed by atoms with Gasteiger partial charge in [-0.1, -0.05) is 0 Å². The van der Waals surface area contributed by atoms with Gasteiger partial charge in [0.2, 0.25) is 0 Å². The second-order valence-corrected chi connectivity index (χ2v) is 4.02. The van der Waals surface area contributed by atoms with E-state index in [0.717, 1.165) is 19.4 Å². The Balaban J connectivity index is 2.49. The Morgan fingerprint density at radius 1 is 1.35 bits per heavy atom. The van der Waals surface area contributed by atoms with E-state index in [1.165, 1.54) is 7.11 Å². The van der Waals surface area contributed by atoms with Crippen LogP contribution in [-0.4, -0.2) is 56.6 Å². The Hall–Kier alpha value is -0.650. The van der Waals surface area contributed by atoms with Crippen LogP contribution < -0.4 is 0 Å². The van der Waals surface area contributed by atoms with Crippen LogP contribution in [0.1, 0.15) is 26.7 Å². The van der Waals surface area contributed by atoms with E-state index >= 15 is 0 Å². The lowest BCUT2D eigenvalue weighted by Crippen LogP contribution is -2.42. The second-order valence-electron chi connectivity index (χ2n) is 4.02. The van der Waals surface area contributed by atoms with E-state index in [-0.39, 0.29) is 18.3 Å². The number of methoxy groups -OCH3 is 1. The molecule has 0 unspecified atom stereocenters. The smallest absolute Gasteiger partial charge is 0.323 e. The van der Waals surface area contributed by atoms with E-state index in [1.54, 1.807) is 0 Å². The fourth-order valence-electron chi connectivity index (χ4n) is 2.16. The highest BCUT2D eigenvalue weighted by Crippen LogP contribution is 2.19. The molecule has 0 radical (unpaired) electrons. The molecule has 1 atom stereocenters. The van der Waals surface area contributed by atoms with Gasteiger partial charge in [-0.15, -0.1) is 0 Å². The topological polar surface area (TPSA) is 48.0 Å². The van der Waals surface area contributed by atoms with Gasteiger partial charge in [-0.25, -0.2) is 0 Å². The highest BCUT2D eigenvalue weighted by Gasteiger charge is 2.33. The van der Waals surface area contributed by atoms with Gasteiger partial charge in [0.1, 0.15) is 6.04 Å². The van der Waals surface area contributed by atoms with Gasteiger partial charge in [-0.3, -0.25) is 9.69 Å². The number of hydrogen-bond donors (Lipinski definition) is 0. The fraction of sp³-hybridized carbons (Fsp3) is 0.917. The van der Waals surface area contributed by atoms with Crippen molar-refractivity contribution in [2.24, 2.45) is 0 Å². The summed E-state index contributed by atoms with van der Waals surface area (Å²) in [4.78, 5) is 13.7. The number of hydrogen-bond acceptors (Lipinski definition) is 5. The number of ether oxygens (including phenoxy) is 3. The molecule has 0 aromatic heterocycles. The van der Waals surface area contributed by atoms with E-state index in [1.807, 2.05) is 13.8 Å². The molecular weight excluding hydrogens is 222 g/mol. The van der Waals surface area contributed by atoms with Crippen molar-refractivity contribution >= 4 is 5.97 Å². The molecule has 1 aliphatic heterocycles. The van der Waals surface area contributed by atoms with E-state index < -0.39 is 0 Å². The van der Waals surface area contributed by atoms with Crippen molar-refractivity contribution in [2.75, 3.05) is 33.4 Å². The maximum atomic E-state index is 11.6. The summed E-state index contributed by atoms with van der Waals surface area (Å²) in [6.07, 6.45) is 1.62.